The first-order valence-corrected chi connectivity index (χ1v) is 14.6. The highest BCUT2D eigenvalue weighted by molar-refractivity contribution is 6.33. The zero-order valence-corrected chi connectivity index (χ0v) is 24.5. The summed E-state index contributed by atoms with van der Waals surface area (Å²) >= 11 is 6.49. The van der Waals surface area contributed by atoms with Crippen LogP contribution in [-0.4, -0.2) is 85.3 Å². The molecule has 0 bridgehead atoms. The number of hydrogen-bond donors (Lipinski definition) is 4. The standard InChI is InChI=1S/C31H39ClN6O3/c1-33-31(40)24-7-3-4-9-26(24)35-28-19-29(34-20-25(28)32)36-27-11-10-21-18-22(6-5-8-23(21)30(27)41-2)38-14-12-37(13-15-38)16-17-39/h3-4,7,9-11,19-20,22,39H,5-6,8,12-18H2,1-2H3,(H,33,40)(H2,34,35,36)/t22-/m0/s1. The lowest BCUT2D eigenvalue weighted by molar-refractivity contribution is 0.0805. The molecular weight excluding hydrogens is 540 g/mol. The fraction of sp³-hybridized carbons (Fsp3) is 0.419. The van der Waals surface area contributed by atoms with Crippen molar-refractivity contribution in [2.45, 2.75) is 31.7 Å². The summed E-state index contributed by atoms with van der Waals surface area (Å²) in [6.45, 7) is 5.10. The summed E-state index contributed by atoms with van der Waals surface area (Å²) in [4.78, 5) is 21.8. The van der Waals surface area contributed by atoms with E-state index in [-0.39, 0.29) is 12.5 Å². The third-order valence-electron chi connectivity index (χ3n) is 8.11. The maximum absolute atomic E-state index is 12.3. The Morgan fingerprint density at radius 3 is 2.66 bits per heavy atom. The Morgan fingerprint density at radius 2 is 1.90 bits per heavy atom. The summed E-state index contributed by atoms with van der Waals surface area (Å²) in [6.07, 6.45) is 5.82. The molecule has 218 valence electrons. The molecule has 0 spiro atoms. The number of rotatable bonds is 9. The van der Waals surface area contributed by atoms with Gasteiger partial charge in [-0.15, -0.1) is 0 Å². The van der Waals surface area contributed by atoms with Crippen LogP contribution in [0.25, 0.3) is 0 Å². The molecule has 2 aromatic carbocycles. The van der Waals surface area contributed by atoms with Crippen LogP contribution < -0.4 is 20.7 Å². The lowest BCUT2D eigenvalue weighted by Gasteiger charge is -2.39. The molecule has 0 radical (unpaired) electrons. The molecule has 0 saturated carbocycles. The summed E-state index contributed by atoms with van der Waals surface area (Å²) in [5.74, 6) is 1.28. The first-order valence-electron chi connectivity index (χ1n) is 14.3. The predicted octanol–water partition coefficient (Wildman–Crippen LogP) is 4.45. The molecule has 1 aliphatic heterocycles. The zero-order chi connectivity index (χ0) is 28.8. The number of pyridine rings is 1. The van der Waals surface area contributed by atoms with Gasteiger partial charge in [0.15, 0.2) is 0 Å². The minimum atomic E-state index is -0.183. The highest BCUT2D eigenvalue weighted by atomic mass is 35.5. The summed E-state index contributed by atoms with van der Waals surface area (Å²) < 4.78 is 5.98. The number of aliphatic hydroxyl groups is 1. The number of aliphatic hydroxyl groups excluding tert-OH is 1. The molecule has 5 rings (SSSR count). The number of β-amino-alcohol motifs (C(OH)–C–C–N with tert-alkyl or cyclic N) is 1. The van der Waals surface area contributed by atoms with Crippen LogP contribution in [0.3, 0.4) is 0 Å². The van der Waals surface area contributed by atoms with Crippen molar-refractivity contribution < 1.29 is 14.6 Å². The average Bonchev–Trinajstić information content (AvgIpc) is 3.22. The molecule has 1 aromatic heterocycles. The number of carbonyl (C=O) groups excluding carboxylic acids is 1. The number of nitrogens with one attached hydrogen (secondary N) is 3. The third kappa shape index (κ3) is 6.76. The van der Waals surface area contributed by atoms with Gasteiger partial charge in [-0.05, 0) is 55.0 Å². The molecule has 41 heavy (non-hydrogen) atoms. The van der Waals surface area contributed by atoms with Gasteiger partial charge in [0.2, 0.25) is 0 Å². The molecule has 4 N–H and O–H groups in total. The van der Waals surface area contributed by atoms with Gasteiger partial charge >= 0.3 is 0 Å². The van der Waals surface area contributed by atoms with E-state index in [0.29, 0.717) is 33.8 Å². The molecule has 9 nitrogen and oxygen atoms in total. The van der Waals surface area contributed by atoms with E-state index in [1.54, 1.807) is 26.4 Å². The molecule has 10 heteroatoms. The Kier molecular flexibility index (Phi) is 9.61. The second-order valence-electron chi connectivity index (χ2n) is 10.6. The van der Waals surface area contributed by atoms with Gasteiger partial charge in [-0.25, -0.2) is 4.98 Å². The number of nitrogens with zero attached hydrogens (tertiary/aromatic N) is 3. The third-order valence-corrected chi connectivity index (χ3v) is 8.41. The van der Waals surface area contributed by atoms with Crippen molar-refractivity contribution in [3.63, 3.8) is 0 Å². The summed E-state index contributed by atoms with van der Waals surface area (Å²) in [5, 5.41) is 19.1. The van der Waals surface area contributed by atoms with Gasteiger partial charge in [0.05, 0.1) is 47.6 Å². The Bertz CT molecular complexity index is 1360. The summed E-state index contributed by atoms with van der Waals surface area (Å²) in [5.41, 5.74) is 5.26. The fourth-order valence-electron chi connectivity index (χ4n) is 5.95. The van der Waals surface area contributed by atoms with Crippen molar-refractivity contribution >= 4 is 40.4 Å². The molecule has 2 aliphatic rings. The molecule has 1 fully saturated rings. The van der Waals surface area contributed by atoms with Crippen LogP contribution in [0.2, 0.25) is 5.02 Å². The van der Waals surface area contributed by atoms with Gasteiger partial charge in [0.1, 0.15) is 11.6 Å². The zero-order valence-electron chi connectivity index (χ0n) is 23.8. The van der Waals surface area contributed by atoms with E-state index in [2.05, 4.69) is 42.9 Å². The maximum atomic E-state index is 12.3. The minimum absolute atomic E-state index is 0.183. The number of fused-ring (bicyclic) bond motifs is 1. The van der Waals surface area contributed by atoms with Crippen LogP contribution in [0, 0.1) is 0 Å². The number of halogens is 1. The van der Waals surface area contributed by atoms with E-state index in [1.807, 2.05) is 24.3 Å². The number of ether oxygens (including phenoxy) is 1. The Hall–Kier alpha value is -3.37. The fourth-order valence-corrected chi connectivity index (χ4v) is 6.10. The van der Waals surface area contributed by atoms with Gasteiger partial charge in [0.25, 0.3) is 5.91 Å². The van der Waals surface area contributed by atoms with Gasteiger partial charge in [-0.2, -0.15) is 0 Å². The SMILES string of the molecule is CNC(=O)c1ccccc1Nc1cc(Nc2ccc3c(c2OC)CCC[C@H](N2CCN(CCO)CC2)C3)ncc1Cl. The van der Waals surface area contributed by atoms with E-state index in [9.17, 15) is 9.90 Å². The summed E-state index contributed by atoms with van der Waals surface area (Å²) in [7, 11) is 3.33. The lowest BCUT2D eigenvalue weighted by atomic mass is 9.98. The van der Waals surface area contributed by atoms with Crippen molar-refractivity contribution in [1.29, 1.82) is 0 Å². The monoisotopic (exact) mass is 578 g/mol. The Morgan fingerprint density at radius 1 is 1.10 bits per heavy atom. The second-order valence-corrected chi connectivity index (χ2v) is 11.0. The molecule has 1 amide bonds. The molecule has 1 atom stereocenters. The number of hydrogen-bond acceptors (Lipinski definition) is 8. The average molecular weight is 579 g/mol. The number of piperazine rings is 1. The number of benzene rings is 2. The predicted molar refractivity (Wildman–Crippen MR) is 164 cm³/mol. The number of para-hydroxylation sites is 1. The van der Waals surface area contributed by atoms with Gasteiger partial charge < -0.3 is 25.8 Å². The van der Waals surface area contributed by atoms with Crippen LogP contribution in [0.15, 0.2) is 48.7 Å². The normalized spacial score (nSPS) is 17.8. The van der Waals surface area contributed by atoms with E-state index in [1.165, 1.54) is 11.1 Å². The molecule has 1 aliphatic carbocycles. The van der Waals surface area contributed by atoms with Gasteiger partial charge in [-0.1, -0.05) is 29.8 Å². The lowest BCUT2D eigenvalue weighted by Crippen LogP contribution is -2.51. The number of amides is 1. The van der Waals surface area contributed by atoms with Crippen LogP contribution in [0.4, 0.5) is 22.9 Å². The van der Waals surface area contributed by atoms with Crippen LogP contribution in [0.1, 0.15) is 34.3 Å². The number of methoxy groups -OCH3 is 1. The first kappa shape index (κ1) is 29.1. The van der Waals surface area contributed by atoms with Crippen molar-refractivity contribution in [3.05, 3.63) is 70.4 Å². The molecule has 1 saturated heterocycles. The quantitative estimate of drug-likeness (QED) is 0.276. The van der Waals surface area contributed by atoms with Crippen molar-refractivity contribution in [1.82, 2.24) is 20.1 Å². The molecular formula is C31H39ClN6O3. The van der Waals surface area contributed by atoms with E-state index >= 15 is 0 Å². The maximum Gasteiger partial charge on any atom is 0.253 e. The smallest absolute Gasteiger partial charge is 0.253 e. The number of aromatic nitrogens is 1. The Balaban J connectivity index is 1.34. The number of anilines is 4. The highest BCUT2D eigenvalue weighted by Gasteiger charge is 2.28. The van der Waals surface area contributed by atoms with Crippen LogP contribution >= 0.6 is 11.6 Å². The second kappa shape index (κ2) is 13.5. The van der Waals surface area contributed by atoms with E-state index in [0.717, 1.165) is 69.8 Å². The largest absolute Gasteiger partial charge is 0.494 e. The topological polar surface area (TPSA) is 102 Å². The van der Waals surface area contributed by atoms with E-state index in [4.69, 9.17) is 16.3 Å². The Labute approximate surface area is 246 Å². The summed E-state index contributed by atoms with van der Waals surface area (Å²) in [6, 6.07) is 13.9. The first-order chi connectivity index (χ1) is 20.0. The number of carbonyl (C=O) groups is 1. The molecule has 3 aromatic rings. The van der Waals surface area contributed by atoms with Gasteiger partial charge in [-0.3, -0.25) is 14.6 Å². The van der Waals surface area contributed by atoms with Crippen molar-refractivity contribution in [2.75, 3.05) is 64.1 Å². The van der Waals surface area contributed by atoms with Crippen LogP contribution in [0.5, 0.6) is 5.75 Å². The van der Waals surface area contributed by atoms with E-state index < -0.39 is 0 Å². The minimum Gasteiger partial charge on any atom is -0.494 e. The van der Waals surface area contributed by atoms with Crippen molar-refractivity contribution in [2.24, 2.45) is 0 Å². The molecule has 0 unspecified atom stereocenters. The van der Waals surface area contributed by atoms with Crippen LogP contribution in [-0.2, 0) is 12.8 Å². The van der Waals surface area contributed by atoms with Gasteiger partial charge in [0, 0.05) is 51.9 Å². The van der Waals surface area contributed by atoms with Crippen molar-refractivity contribution in [3.8, 4) is 5.75 Å². The highest BCUT2D eigenvalue weighted by Crippen LogP contribution is 2.38. The molecule has 2 heterocycles.